The molecule has 3 rings (SSSR count). The van der Waals surface area contributed by atoms with E-state index in [9.17, 15) is 14.8 Å². The Bertz CT molecular complexity index is 974. The fraction of sp³-hybridized carbons (Fsp3) is 0.345. The Kier molecular flexibility index (Phi) is 10.8. The molecule has 0 aliphatic rings. The van der Waals surface area contributed by atoms with Crippen LogP contribution in [0.2, 0.25) is 0 Å². The molecule has 1 aromatic heterocycles. The van der Waals surface area contributed by atoms with Gasteiger partial charge in [0.2, 0.25) is 0 Å². The minimum Gasteiger partial charge on any atom is -0.619 e. The second-order valence-electron chi connectivity index (χ2n) is 8.78. The molecule has 2 amide bonds. The summed E-state index contributed by atoms with van der Waals surface area (Å²) < 4.78 is 0.517. The maximum atomic E-state index is 12.5. The van der Waals surface area contributed by atoms with Gasteiger partial charge in [-0.25, -0.2) is 0 Å². The van der Waals surface area contributed by atoms with Crippen LogP contribution in [-0.2, 0) is 12.8 Å². The molecule has 0 saturated heterocycles. The van der Waals surface area contributed by atoms with Crippen molar-refractivity contribution in [2.24, 2.45) is 0 Å². The summed E-state index contributed by atoms with van der Waals surface area (Å²) >= 11 is 0. The number of amides is 2. The highest BCUT2D eigenvalue weighted by Gasteiger charge is 2.15. The molecule has 35 heavy (non-hydrogen) atoms. The van der Waals surface area contributed by atoms with Gasteiger partial charge in [0.1, 0.15) is 11.1 Å². The molecule has 0 aliphatic carbocycles. The number of carbonyl (C=O) groups is 2. The van der Waals surface area contributed by atoms with E-state index in [1.807, 2.05) is 36.4 Å². The summed E-state index contributed by atoms with van der Waals surface area (Å²) in [5.74, 6) is -0.679. The number of aryl methyl sites for hydroxylation is 2. The number of nitrogens with one attached hydrogen (secondary N) is 2. The van der Waals surface area contributed by atoms with Crippen molar-refractivity contribution in [1.29, 1.82) is 0 Å². The van der Waals surface area contributed by atoms with Gasteiger partial charge in [-0.1, -0.05) is 73.5 Å². The Labute approximate surface area is 208 Å². The Morgan fingerprint density at radius 3 is 1.49 bits per heavy atom. The van der Waals surface area contributed by atoms with Gasteiger partial charge in [-0.05, 0) is 55.7 Å². The van der Waals surface area contributed by atoms with Gasteiger partial charge in [0.05, 0.1) is 0 Å². The first-order valence-electron chi connectivity index (χ1n) is 12.5. The average Bonchev–Trinajstić information content (AvgIpc) is 2.88. The summed E-state index contributed by atoms with van der Waals surface area (Å²) in [6, 6.07) is 22.1. The monoisotopic (exact) mass is 473 g/mol. The second-order valence-corrected chi connectivity index (χ2v) is 8.78. The third-order valence-electron chi connectivity index (χ3n) is 5.91. The quantitative estimate of drug-likeness (QED) is 0.204. The standard InChI is InChI=1S/C29H35N3O3/c33-28(30-19-11-3-9-17-24-13-5-1-6-14-24)26-21-27(23-32(35)22-26)29(34)31-20-12-4-10-18-25-15-7-2-8-16-25/h1-2,5-8,13-16,21-23H,3-4,9-12,17-20H2,(H,30,33)(H,31,34). The number of carbonyl (C=O) groups excluding carboxylic acids is 2. The Hall–Kier alpha value is -3.67. The SMILES string of the molecule is O=C(NCCCCCc1ccccc1)c1cc(C(=O)NCCCCCc2ccccc2)c[n+]([O-])c1. The van der Waals surface area contributed by atoms with Crippen molar-refractivity contribution in [1.82, 2.24) is 10.6 Å². The molecule has 1 heterocycles. The second kappa shape index (κ2) is 14.6. The summed E-state index contributed by atoms with van der Waals surface area (Å²) in [6.07, 6.45) is 10.3. The third kappa shape index (κ3) is 9.61. The molecule has 6 nitrogen and oxygen atoms in total. The maximum Gasteiger partial charge on any atom is 0.257 e. The zero-order valence-corrected chi connectivity index (χ0v) is 20.2. The molecule has 0 saturated carbocycles. The predicted octanol–water partition coefficient (Wildman–Crippen LogP) is 4.61. The van der Waals surface area contributed by atoms with Crippen LogP contribution in [0.15, 0.2) is 79.1 Å². The highest BCUT2D eigenvalue weighted by atomic mass is 16.5. The lowest BCUT2D eigenvalue weighted by molar-refractivity contribution is -0.605. The van der Waals surface area contributed by atoms with E-state index in [-0.39, 0.29) is 22.9 Å². The van der Waals surface area contributed by atoms with Crippen molar-refractivity contribution < 1.29 is 14.3 Å². The molecule has 0 spiro atoms. The molecule has 0 fully saturated rings. The maximum absolute atomic E-state index is 12.5. The van der Waals surface area contributed by atoms with E-state index >= 15 is 0 Å². The minimum atomic E-state index is -0.340. The molecule has 0 radical (unpaired) electrons. The fourth-order valence-electron chi connectivity index (χ4n) is 3.96. The third-order valence-corrected chi connectivity index (χ3v) is 5.91. The molecule has 0 unspecified atom stereocenters. The van der Waals surface area contributed by atoms with Gasteiger partial charge >= 0.3 is 0 Å². The number of nitrogens with zero attached hydrogens (tertiary/aromatic N) is 1. The molecule has 3 aromatic rings. The fourth-order valence-corrected chi connectivity index (χ4v) is 3.96. The Balaban J connectivity index is 1.34. The van der Waals surface area contributed by atoms with Crippen molar-refractivity contribution in [3.63, 3.8) is 0 Å². The number of unbranched alkanes of at least 4 members (excludes halogenated alkanes) is 4. The highest BCUT2D eigenvalue weighted by Crippen LogP contribution is 2.08. The van der Waals surface area contributed by atoms with Crippen LogP contribution >= 0.6 is 0 Å². The van der Waals surface area contributed by atoms with Crippen LogP contribution in [0.5, 0.6) is 0 Å². The first-order valence-corrected chi connectivity index (χ1v) is 12.5. The van der Waals surface area contributed by atoms with Crippen molar-refractivity contribution in [3.8, 4) is 0 Å². The zero-order valence-electron chi connectivity index (χ0n) is 20.2. The smallest absolute Gasteiger partial charge is 0.257 e. The van der Waals surface area contributed by atoms with Crippen LogP contribution in [0.25, 0.3) is 0 Å². The summed E-state index contributed by atoms with van der Waals surface area (Å²) in [5, 5.41) is 17.7. The van der Waals surface area contributed by atoms with Gasteiger partial charge in [0.25, 0.3) is 11.8 Å². The molecular weight excluding hydrogens is 438 g/mol. The lowest BCUT2D eigenvalue weighted by Gasteiger charge is -2.08. The van der Waals surface area contributed by atoms with Gasteiger partial charge in [0, 0.05) is 13.1 Å². The summed E-state index contributed by atoms with van der Waals surface area (Å²) in [4.78, 5) is 25.0. The van der Waals surface area contributed by atoms with Crippen molar-refractivity contribution in [2.75, 3.05) is 13.1 Å². The van der Waals surface area contributed by atoms with E-state index in [1.165, 1.54) is 29.6 Å². The Morgan fingerprint density at radius 2 is 1.06 bits per heavy atom. The van der Waals surface area contributed by atoms with E-state index < -0.39 is 0 Å². The largest absolute Gasteiger partial charge is 0.619 e. The van der Waals surface area contributed by atoms with Crippen molar-refractivity contribution in [3.05, 3.63) is 107 Å². The van der Waals surface area contributed by atoms with Crippen molar-refractivity contribution in [2.45, 2.75) is 51.4 Å². The number of pyridine rings is 1. The molecule has 0 bridgehead atoms. The first-order chi connectivity index (χ1) is 17.1. The van der Waals surface area contributed by atoms with Gasteiger partial charge < -0.3 is 15.8 Å². The number of rotatable bonds is 14. The van der Waals surface area contributed by atoms with Crippen molar-refractivity contribution >= 4 is 11.8 Å². The number of benzene rings is 2. The molecule has 0 aliphatic heterocycles. The minimum absolute atomic E-state index is 0.194. The lowest BCUT2D eigenvalue weighted by atomic mass is 10.1. The van der Waals surface area contributed by atoms with Gasteiger partial charge in [0.15, 0.2) is 12.4 Å². The number of hydrogen-bond donors (Lipinski definition) is 2. The van der Waals surface area contributed by atoms with E-state index in [0.717, 1.165) is 51.4 Å². The molecular formula is C29H35N3O3. The summed E-state index contributed by atoms with van der Waals surface area (Å²) in [7, 11) is 0. The zero-order chi connectivity index (χ0) is 24.7. The van der Waals surface area contributed by atoms with Crippen LogP contribution in [0, 0.1) is 5.21 Å². The summed E-state index contributed by atoms with van der Waals surface area (Å²) in [6.45, 7) is 1.07. The van der Waals surface area contributed by atoms with Crippen LogP contribution < -0.4 is 15.4 Å². The lowest BCUT2D eigenvalue weighted by Crippen LogP contribution is -2.34. The molecule has 184 valence electrons. The van der Waals surface area contributed by atoms with Gasteiger partial charge in [-0.3, -0.25) is 9.59 Å². The van der Waals surface area contributed by atoms with Gasteiger partial charge in [-0.15, -0.1) is 0 Å². The van der Waals surface area contributed by atoms with E-state index in [0.29, 0.717) is 17.8 Å². The topological polar surface area (TPSA) is 85.1 Å². The molecule has 6 heteroatoms. The van der Waals surface area contributed by atoms with Crippen LogP contribution in [0.1, 0.15) is 70.4 Å². The van der Waals surface area contributed by atoms with Gasteiger partial charge in [-0.2, -0.15) is 4.73 Å². The molecule has 2 N–H and O–H groups in total. The van der Waals surface area contributed by atoms with E-state index in [2.05, 4.69) is 34.9 Å². The van der Waals surface area contributed by atoms with Crippen LogP contribution in [-0.4, -0.2) is 24.9 Å². The normalized spacial score (nSPS) is 10.6. The Morgan fingerprint density at radius 1 is 0.629 bits per heavy atom. The van der Waals surface area contributed by atoms with Crippen LogP contribution in [0.3, 0.4) is 0 Å². The number of hydrogen-bond acceptors (Lipinski definition) is 3. The first kappa shape index (κ1) is 25.9. The van der Waals surface area contributed by atoms with E-state index in [4.69, 9.17) is 0 Å². The number of aromatic nitrogens is 1. The average molecular weight is 474 g/mol. The molecule has 0 atom stereocenters. The predicted molar refractivity (Wildman–Crippen MR) is 138 cm³/mol. The van der Waals surface area contributed by atoms with Crippen LogP contribution in [0.4, 0.5) is 0 Å². The highest BCUT2D eigenvalue weighted by molar-refractivity contribution is 5.98. The van der Waals surface area contributed by atoms with E-state index in [1.54, 1.807) is 0 Å². The molecule has 2 aromatic carbocycles. The summed E-state index contributed by atoms with van der Waals surface area (Å²) in [5.41, 5.74) is 3.03.